The molecule has 200 valence electrons. The predicted octanol–water partition coefficient (Wildman–Crippen LogP) is 7.19. The van der Waals surface area contributed by atoms with E-state index in [0.29, 0.717) is 0 Å². The van der Waals surface area contributed by atoms with Gasteiger partial charge in [-0.15, -0.1) is 0 Å². The van der Waals surface area contributed by atoms with Gasteiger partial charge in [0.2, 0.25) is 0 Å². The van der Waals surface area contributed by atoms with Gasteiger partial charge in [-0.1, -0.05) is 57.9 Å². The molecule has 2 aliphatic heterocycles. The predicted molar refractivity (Wildman–Crippen MR) is 140 cm³/mol. The van der Waals surface area contributed by atoms with E-state index >= 15 is 0 Å². The minimum Gasteiger partial charge on any atom is -0.349 e. The molecule has 0 aromatic carbocycles. The van der Waals surface area contributed by atoms with Crippen LogP contribution in [0.25, 0.3) is 0 Å². The molecule has 7 aliphatic rings. The first-order chi connectivity index (χ1) is 16.9. The van der Waals surface area contributed by atoms with Crippen LogP contribution >= 0.6 is 0 Å². The highest BCUT2D eigenvalue weighted by Gasteiger charge is 2.76. The van der Waals surface area contributed by atoms with Crippen molar-refractivity contribution in [2.75, 3.05) is 26.4 Å². The molecule has 0 aromatic heterocycles. The fourth-order valence-electron chi connectivity index (χ4n) is 10.2. The lowest BCUT2D eigenvalue weighted by atomic mass is 9.45. The summed E-state index contributed by atoms with van der Waals surface area (Å²) in [6, 6.07) is 0. The van der Waals surface area contributed by atoms with Crippen molar-refractivity contribution in [3.8, 4) is 0 Å². The molecule has 36 heavy (non-hydrogen) atoms. The van der Waals surface area contributed by atoms with Gasteiger partial charge in [0.05, 0.1) is 26.4 Å². The molecule has 2 saturated carbocycles. The van der Waals surface area contributed by atoms with E-state index in [4.69, 9.17) is 18.9 Å². The zero-order valence-corrected chi connectivity index (χ0v) is 23.6. The summed E-state index contributed by atoms with van der Waals surface area (Å²) >= 11 is 0. The molecule has 0 radical (unpaired) electrons. The van der Waals surface area contributed by atoms with Gasteiger partial charge in [-0.3, -0.25) is 0 Å². The average Bonchev–Trinajstić information content (AvgIpc) is 3.28. The van der Waals surface area contributed by atoms with Gasteiger partial charge in [-0.2, -0.15) is 0 Å². The highest BCUT2D eigenvalue weighted by molar-refractivity contribution is 5.40. The molecule has 0 amide bonds. The molecular weight excluding hydrogens is 448 g/mol. The highest BCUT2D eigenvalue weighted by atomic mass is 16.7. The summed E-state index contributed by atoms with van der Waals surface area (Å²) in [4.78, 5) is 0. The molecular formula is C32H48O4. The highest BCUT2D eigenvalue weighted by Crippen LogP contribution is 2.80. The van der Waals surface area contributed by atoms with E-state index in [1.807, 2.05) is 0 Å². The van der Waals surface area contributed by atoms with E-state index in [1.165, 1.54) is 38.5 Å². The van der Waals surface area contributed by atoms with Gasteiger partial charge in [0, 0.05) is 29.1 Å². The Kier molecular flexibility index (Phi) is 4.93. The number of hydrogen-bond donors (Lipinski definition) is 0. The van der Waals surface area contributed by atoms with Gasteiger partial charge < -0.3 is 18.9 Å². The van der Waals surface area contributed by atoms with E-state index < -0.39 is 5.79 Å². The van der Waals surface area contributed by atoms with Crippen molar-refractivity contribution in [1.29, 1.82) is 0 Å². The second kappa shape index (κ2) is 7.29. The number of rotatable bonds is 1. The van der Waals surface area contributed by atoms with Gasteiger partial charge in [0.1, 0.15) is 0 Å². The van der Waals surface area contributed by atoms with Crippen LogP contribution in [0.5, 0.6) is 0 Å². The standard InChI is InChI=1S/C32H48O4/c1-26(2)18-33-29(6,34-19-26)31-15-13-30(14-16-31)25-8-7-22-17-32(35-20-27(3,4)21-36-32)12-10-23(22)24(25)9-11-28(30,31)5/h13,15,24-25H,7-12,14,16-21H2,1-6H3/t24-,25-,28+,30?,31+/m1/s1. The molecule has 5 atom stereocenters. The lowest BCUT2D eigenvalue weighted by Crippen LogP contribution is -2.61. The van der Waals surface area contributed by atoms with Crippen LogP contribution in [0.2, 0.25) is 0 Å². The lowest BCUT2D eigenvalue weighted by molar-refractivity contribution is -0.347. The van der Waals surface area contributed by atoms with E-state index in [1.54, 1.807) is 11.1 Å². The van der Waals surface area contributed by atoms with Crippen LogP contribution in [-0.2, 0) is 18.9 Å². The molecule has 2 heterocycles. The minimum atomic E-state index is -0.515. The van der Waals surface area contributed by atoms with Crippen LogP contribution in [0.15, 0.2) is 23.3 Å². The molecule has 4 fully saturated rings. The second-order valence-electron chi connectivity index (χ2n) is 15.6. The summed E-state index contributed by atoms with van der Waals surface area (Å²) in [7, 11) is 0. The lowest BCUT2D eigenvalue weighted by Gasteiger charge is -2.61. The van der Waals surface area contributed by atoms with Crippen LogP contribution in [0.4, 0.5) is 0 Å². The Bertz CT molecular complexity index is 1000. The van der Waals surface area contributed by atoms with Crippen molar-refractivity contribution in [3.63, 3.8) is 0 Å². The molecule has 7 rings (SSSR count). The fraction of sp³-hybridized carbons (Fsp3) is 0.875. The van der Waals surface area contributed by atoms with Gasteiger partial charge in [0.25, 0.3) is 0 Å². The van der Waals surface area contributed by atoms with Crippen molar-refractivity contribution in [2.45, 2.75) is 111 Å². The third-order valence-corrected chi connectivity index (χ3v) is 12.4. The Morgan fingerprint density at radius 1 is 0.694 bits per heavy atom. The maximum absolute atomic E-state index is 6.69. The zero-order chi connectivity index (χ0) is 25.2. The van der Waals surface area contributed by atoms with Crippen molar-refractivity contribution in [3.05, 3.63) is 23.3 Å². The average molecular weight is 497 g/mol. The van der Waals surface area contributed by atoms with Gasteiger partial charge in [-0.05, 0) is 74.5 Å². The first-order valence-electron chi connectivity index (χ1n) is 14.9. The summed E-state index contributed by atoms with van der Waals surface area (Å²) in [6.07, 6.45) is 16.1. The normalized spacial score (nSPS) is 47.4. The summed E-state index contributed by atoms with van der Waals surface area (Å²) in [6.45, 7) is 17.1. The molecule has 2 bridgehead atoms. The first kappa shape index (κ1) is 24.4. The number of fused-ring (bicyclic) bond motifs is 2. The van der Waals surface area contributed by atoms with Crippen molar-refractivity contribution in [2.24, 2.45) is 38.9 Å². The monoisotopic (exact) mass is 496 g/mol. The quantitative estimate of drug-likeness (QED) is 0.360. The maximum Gasteiger partial charge on any atom is 0.175 e. The van der Waals surface area contributed by atoms with Crippen LogP contribution in [0.3, 0.4) is 0 Å². The Balaban J connectivity index is 1.17. The zero-order valence-electron chi connectivity index (χ0n) is 23.6. The largest absolute Gasteiger partial charge is 0.349 e. The molecule has 5 aliphatic carbocycles. The fourth-order valence-corrected chi connectivity index (χ4v) is 10.2. The molecule has 2 saturated heterocycles. The number of allylic oxidation sites excluding steroid dienone is 2. The van der Waals surface area contributed by atoms with Gasteiger partial charge in [0.15, 0.2) is 11.6 Å². The van der Waals surface area contributed by atoms with Gasteiger partial charge >= 0.3 is 0 Å². The van der Waals surface area contributed by atoms with Crippen LogP contribution in [-0.4, -0.2) is 38.0 Å². The Hall–Kier alpha value is -0.680. The molecule has 0 N–H and O–H groups in total. The summed E-state index contributed by atoms with van der Waals surface area (Å²) < 4.78 is 26.3. The molecule has 4 heteroatoms. The second-order valence-corrected chi connectivity index (χ2v) is 15.6. The smallest absolute Gasteiger partial charge is 0.175 e. The third-order valence-electron chi connectivity index (χ3n) is 12.4. The van der Waals surface area contributed by atoms with E-state index in [0.717, 1.165) is 57.5 Å². The third kappa shape index (κ3) is 2.97. The van der Waals surface area contributed by atoms with Crippen LogP contribution in [0.1, 0.15) is 99.3 Å². The molecule has 1 unspecified atom stereocenters. The minimum absolute atomic E-state index is 0.0106. The maximum atomic E-state index is 6.69. The molecule has 0 aromatic rings. The first-order valence-corrected chi connectivity index (χ1v) is 14.9. The van der Waals surface area contributed by atoms with Gasteiger partial charge in [-0.25, -0.2) is 0 Å². The van der Waals surface area contributed by atoms with E-state index in [9.17, 15) is 0 Å². The van der Waals surface area contributed by atoms with Crippen LogP contribution in [0, 0.1) is 38.9 Å². The summed E-state index contributed by atoms with van der Waals surface area (Å²) in [5.41, 5.74) is 4.19. The van der Waals surface area contributed by atoms with Crippen molar-refractivity contribution < 1.29 is 18.9 Å². The van der Waals surface area contributed by atoms with Crippen molar-refractivity contribution in [1.82, 2.24) is 0 Å². The Labute approximate surface area is 218 Å². The van der Waals surface area contributed by atoms with E-state index in [-0.39, 0.29) is 32.9 Å². The Morgan fingerprint density at radius 2 is 1.36 bits per heavy atom. The molecule has 4 nitrogen and oxygen atoms in total. The number of ether oxygens (including phenoxy) is 4. The number of hydrogen-bond acceptors (Lipinski definition) is 4. The van der Waals surface area contributed by atoms with E-state index in [2.05, 4.69) is 53.7 Å². The Morgan fingerprint density at radius 3 is 2.00 bits per heavy atom. The summed E-state index contributed by atoms with van der Waals surface area (Å²) in [5, 5.41) is 0. The van der Waals surface area contributed by atoms with Crippen LogP contribution < -0.4 is 0 Å². The summed E-state index contributed by atoms with van der Waals surface area (Å²) in [5.74, 6) is 0.618. The topological polar surface area (TPSA) is 36.9 Å². The SMILES string of the molecule is CC1(C)COC2(CCC3=C(CC[C@@H]4[C@@H]3CC[C@@]3(C)C45C=C[C@]3(C3(C)OCC(C)(C)CO3)CC5)C2)OC1. The molecule has 1 spiro atoms. The van der Waals surface area contributed by atoms with Crippen molar-refractivity contribution >= 4 is 0 Å².